The molecule has 0 saturated carbocycles. The molecule has 0 amide bonds. The Kier molecular flexibility index (Phi) is 1.96. The average Bonchev–Trinajstić information content (AvgIpc) is 2.54. The maximum atomic E-state index is 2.42. The van der Waals surface area contributed by atoms with Gasteiger partial charge in [0, 0.05) is 14.6 Å². The zero-order valence-electron chi connectivity index (χ0n) is 9.08. The molecule has 1 unspecified atom stereocenters. The van der Waals surface area contributed by atoms with E-state index in [1.165, 1.54) is 26.3 Å². The molecule has 0 aliphatic heterocycles. The maximum Gasteiger partial charge on any atom is 0.0355 e. The van der Waals surface area contributed by atoms with Crippen LogP contribution in [-0.2, 0) is 0 Å². The fourth-order valence-corrected chi connectivity index (χ4v) is 3.87. The van der Waals surface area contributed by atoms with Crippen LogP contribution < -0.4 is 9.75 Å². The largest absolute Gasteiger partial charge is 0.136 e. The number of fused-ring (bicyclic) bond motifs is 3. The lowest BCUT2D eigenvalue weighted by Crippen LogP contribution is -2.26. The molecule has 2 aromatic rings. The highest BCUT2D eigenvalue weighted by Gasteiger charge is 2.10. The number of benzene rings is 1. The van der Waals surface area contributed by atoms with Gasteiger partial charge in [0.1, 0.15) is 0 Å². The van der Waals surface area contributed by atoms with Crippen molar-refractivity contribution < 1.29 is 0 Å². The normalized spacial score (nSPS) is 20.1. The summed E-state index contributed by atoms with van der Waals surface area (Å²) in [5, 5.41) is 2.95. The molecule has 1 aliphatic rings. The van der Waals surface area contributed by atoms with Gasteiger partial charge in [-0.3, -0.25) is 0 Å². The van der Waals surface area contributed by atoms with E-state index in [9.17, 15) is 0 Å². The molecular formula is C14H14S. The van der Waals surface area contributed by atoms with E-state index in [2.05, 4.69) is 44.2 Å². The first-order valence-corrected chi connectivity index (χ1v) is 6.26. The first-order valence-electron chi connectivity index (χ1n) is 5.45. The monoisotopic (exact) mass is 214 g/mol. The number of rotatable bonds is 0. The van der Waals surface area contributed by atoms with Crippen molar-refractivity contribution in [2.75, 3.05) is 0 Å². The van der Waals surface area contributed by atoms with Crippen molar-refractivity contribution >= 4 is 33.1 Å². The van der Waals surface area contributed by atoms with E-state index in [0.29, 0.717) is 5.92 Å². The van der Waals surface area contributed by atoms with Crippen LogP contribution in [0.5, 0.6) is 0 Å². The van der Waals surface area contributed by atoms with Gasteiger partial charge in [-0.05, 0) is 30.5 Å². The molecule has 76 valence electrons. The van der Waals surface area contributed by atoms with Crippen molar-refractivity contribution in [2.24, 2.45) is 5.92 Å². The van der Waals surface area contributed by atoms with Gasteiger partial charge in [0.2, 0.25) is 0 Å². The molecule has 15 heavy (non-hydrogen) atoms. The molecule has 0 nitrogen and oxygen atoms in total. The molecule has 0 saturated heterocycles. The van der Waals surface area contributed by atoms with Crippen molar-refractivity contribution in [1.29, 1.82) is 0 Å². The standard InChI is InChI=1S/C14H14S/c1-9-7-10(2)14-11-5-3-4-6-12(11)15-13(14)8-9/h3-6,8-9H,7H2,1-2H3. The van der Waals surface area contributed by atoms with Crippen molar-refractivity contribution in [2.45, 2.75) is 20.3 Å². The molecule has 3 rings (SSSR count). The molecule has 0 N–H and O–H groups in total. The molecule has 0 spiro atoms. The molecule has 1 aliphatic carbocycles. The third kappa shape index (κ3) is 1.34. The molecule has 1 heteroatoms. The van der Waals surface area contributed by atoms with Crippen LogP contribution >= 0.6 is 11.3 Å². The molecule has 1 aromatic heterocycles. The molecular weight excluding hydrogens is 200 g/mol. The fraction of sp³-hybridized carbons (Fsp3) is 0.286. The average molecular weight is 214 g/mol. The van der Waals surface area contributed by atoms with E-state index in [1.807, 2.05) is 11.3 Å². The predicted molar refractivity (Wildman–Crippen MR) is 68.4 cm³/mol. The minimum absolute atomic E-state index is 0.700. The Labute approximate surface area is 93.6 Å². The summed E-state index contributed by atoms with van der Waals surface area (Å²) in [5.74, 6) is 0.700. The van der Waals surface area contributed by atoms with Gasteiger partial charge in [0.05, 0.1) is 0 Å². The minimum atomic E-state index is 0.700. The second-order valence-electron chi connectivity index (χ2n) is 4.47. The quantitative estimate of drug-likeness (QED) is 0.632. The van der Waals surface area contributed by atoms with E-state index in [1.54, 1.807) is 5.57 Å². The Bertz CT molecular complexity index is 631. The van der Waals surface area contributed by atoms with Crippen molar-refractivity contribution in [3.63, 3.8) is 0 Å². The SMILES string of the molecule is CC1=c2c(sc3ccccc23)=CC(C)C1. The summed E-state index contributed by atoms with van der Waals surface area (Å²) >= 11 is 1.93. The van der Waals surface area contributed by atoms with Crippen molar-refractivity contribution in [1.82, 2.24) is 0 Å². The summed E-state index contributed by atoms with van der Waals surface area (Å²) in [6.07, 6.45) is 3.64. The summed E-state index contributed by atoms with van der Waals surface area (Å²) in [7, 11) is 0. The highest BCUT2D eigenvalue weighted by atomic mass is 32.1. The lowest BCUT2D eigenvalue weighted by Gasteiger charge is -2.10. The topological polar surface area (TPSA) is 0 Å². The van der Waals surface area contributed by atoms with E-state index in [4.69, 9.17) is 0 Å². The van der Waals surface area contributed by atoms with Crippen LogP contribution in [0.2, 0.25) is 0 Å². The highest BCUT2D eigenvalue weighted by Crippen LogP contribution is 2.20. The third-order valence-electron chi connectivity index (χ3n) is 3.11. The van der Waals surface area contributed by atoms with Gasteiger partial charge in [0.25, 0.3) is 0 Å². The second-order valence-corrected chi connectivity index (χ2v) is 5.55. The lowest BCUT2D eigenvalue weighted by molar-refractivity contribution is 0.785. The number of hydrogen-bond donors (Lipinski definition) is 0. The van der Waals surface area contributed by atoms with Crippen LogP contribution in [0.3, 0.4) is 0 Å². The van der Waals surface area contributed by atoms with Gasteiger partial charge in [-0.15, -0.1) is 11.3 Å². The summed E-state index contributed by atoms with van der Waals surface area (Å²) in [6.45, 7) is 4.58. The van der Waals surface area contributed by atoms with Gasteiger partial charge < -0.3 is 0 Å². The summed E-state index contributed by atoms with van der Waals surface area (Å²) < 4.78 is 2.90. The molecule has 1 heterocycles. The first-order chi connectivity index (χ1) is 7.25. The van der Waals surface area contributed by atoms with Gasteiger partial charge >= 0.3 is 0 Å². The van der Waals surface area contributed by atoms with Gasteiger partial charge in [-0.1, -0.05) is 36.8 Å². The Balaban J connectivity index is 2.57. The van der Waals surface area contributed by atoms with Crippen LogP contribution in [0.15, 0.2) is 24.3 Å². The Morgan fingerprint density at radius 3 is 2.93 bits per heavy atom. The van der Waals surface area contributed by atoms with E-state index in [-0.39, 0.29) is 0 Å². The van der Waals surface area contributed by atoms with Gasteiger partial charge in [-0.2, -0.15) is 0 Å². The summed E-state index contributed by atoms with van der Waals surface area (Å²) in [4.78, 5) is 0. The Morgan fingerprint density at radius 2 is 2.07 bits per heavy atom. The predicted octanol–water partition coefficient (Wildman–Crippen LogP) is 2.89. The molecule has 1 aromatic carbocycles. The second kappa shape index (κ2) is 3.21. The third-order valence-corrected chi connectivity index (χ3v) is 4.25. The maximum absolute atomic E-state index is 2.42. The van der Waals surface area contributed by atoms with Crippen LogP contribution in [0, 0.1) is 5.92 Å². The van der Waals surface area contributed by atoms with Gasteiger partial charge in [0.15, 0.2) is 0 Å². The van der Waals surface area contributed by atoms with Crippen LogP contribution in [-0.4, -0.2) is 0 Å². The van der Waals surface area contributed by atoms with Crippen LogP contribution in [0.1, 0.15) is 20.3 Å². The molecule has 0 fully saturated rings. The molecule has 1 atom stereocenters. The minimum Gasteiger partial charge on any atom is -0.136 e. The lowest BCUT2D eigenvalue weighted by atomic mass is 9.95. The number of thiophene rings is 1. The van der Waals surface area contributed by atoms with E-state index < -0.39 is 0 Å². The smallest absolute Gasteiger partial charge is 0.0355 e. The van der Waals surface area contributed by atoms with E-state index in [0.717, 1.165) is 0 Å². The number of hydrogen-bond acceptors (Lipinski definition) is 1. The Hall–Kier alpha value is -1.08. The van der Waals surface area contributed by atoms with Crippen LogP contribution in [0.4, 0.5) is 0 Å². The zero-order chi connectivity index (χ0) is 10.4. The van der Waals surface area contributed by atoms with E-state index >= 15 is 0 Å². The van der Waals surface area contributed by atoms with Crippen molar-refractivity contribution in [3.8, 4) is 0 Å². The van der Waals surface area contributed by atoms with Gasteiger partial charge in [-0.25, -0.2) is 0 Å². The highest BCUT2D eigenvalue weighted by molar-refractivity contribution is 7.17. The fourth-order valence-electron chi connectivity index (χ4n) is 2.52. The molecule has 0 radical (unpaired) electrons. The summed E-state index contributed by atoms with van der Waals surface area (Å²) in [5.41, 5.74) is 1.55. The Morgan fingerprint density at radius 1 is 1.27 bits per heavy atom. The zero-order valence-corrected chi connectivity index (χ0v) is 9.90. The summed E-state index contributed by atoms with van der Waals surface area (Å²) in [6, 6.07) is 8.74. The first kappa shape index (κ1) is 9.17. The molecule has 0 bridgehead atoms. The van der Waals surface area contributed by atoms with Crippen LogP contribution in [0.25, 0.3) is 21.7 Å². The van der Waals surface area contributed by atoms with Crippen molar-refractivity contribution in [3.05, 3.63) is 34.0 Å².